The quantitative estimate of drug-likeness (QED) is 0.688. The third-order valence-electron chi connectivity index (χ3n) is 4.95. The molecule has 26 heavy (non-hydrogen) atoms. The smallest absolute Gasteiger partial charge is 0.227 e. The van der Waals surface area contributed by atoms with Gasteiger partial charge >= 0.3 is 0 Å². The fourth-order valence-electron chi connectivity index (χ4n) is 3.39. The average molecular weight is 355 g/mol. The van der Waals surface area contributed by atoms with Crippen LogP contribution in [-0.2, 0) is 18.3 Å². The minimum absolute atomic E-state index is 0.105. The molecule has 1 amide bonds. The Morgan fingerprint density at radius 3 is 2.65 bits per heavy atom. The maximum atomic E-state index is 12.6. The number of carbonyl (C=O) groups is 1. The first-order chi connectivity index (χ1) is 12.5. The zero-order valence-corrected chi connectivity index (χ0v) is 15.1. The average Bonchev–Trinajstić information content (AvgIpc) is 3.19. The van der Waals surface area contributed by atoms with Gasteiger partial charge in [0.2, 0.25) is 5.91 Å². The molecule has 0 N–H and O–H groups in total. The summed E-state index contributed by atoms with van der Waals surface area (Å²) in [5.74, 6) is 1.70. The largest absolute Gasteiger partial charge is 0.361 e. The van der Waals surface area contributed by atoms with E-state index in [1.165, 1.54) is 0 Å². The van der Waals surface area contributed by atoms with Crippen molar-refractivity contribution < 1.29 is 9.32 Å². The van der Waals surface area contributed by atoms with Crippen molar-refractivity contribution in [3.8, 4) is 0 Å². The van der Waals surface area contributed by atoms with E-state index in [0.29, 0.717) is 19.5 Å². The minimum atomic E-state index is 0.105. The van der Waals surface area contributed by atoms with Crippen molar-refractivity contribution in [3.05, 3.63) is 29.5 Å². The number of fused-ring (bicyclic) bond motifs is 1. The fourth-order valence-corrected chi connectivity index (χ4v) is 3.39. The lowest BCUT2D eigenvalue weighted by Crippen LogP contribution is -2.49. The molecule has 0 atom stereocenters. The lowest BCUT2D eigenvalue weighted by Gasteiger charge is -2.35. The number of aryl methyl sites for hydroxylation is 3. The first kappa shape index (κ1) is 16.5. The Hall–Kier alpha value is -2.97. The van der Waals surface area contributed by atoms with Gasteiger partial charge in [-0.3, -0.25) is 9.48 Å². The van der Waals surface area contributed by atoms with Gasteiger partial charge in [0, 0.05) is 38.8 Å². The maximum absolute atomic E-state index is 12.6. The lowest BCUT2D eigenvalue weighted by molar-refractivity contribution is -0.130. The summed E-state index contributed by atoms with van der Waals surface area (Å²) in [6, 6.07) is 0. The number of hydrogen-bond acceptors (Lipinski definition) is 7. The van der Waals surface area contributed by atoms with E-state index in [2.05, 4.69) is 25.1 Å². The van der Waals surface area contributed by atoms with Gasteiger partial charge in [-0.1, -0.05) is 5.16 Å². The van der Waals surface area contributed by atoms with Crippen LogP contribution in [0.2, 0.25) is 0 Å². The van der Waals surface area contributed by atoms with E-state index in [0.717, 1.165) is 47.0 Å². The monoisotopic (exact) mass is 355 g/mol. The summed E-state index contributed by atoms with van der Waals surface area (Å²) >= 11 is 0. The van der Waals surface area contributed by atoms with Crippen LogP contribution in [0, 0.1) is 13.8 Å². The highest BCUT2D eigenvalue weighted by molar-refractivity contribution is 5.87. The molecule has 0 aliphatic carbocycles. The highest BCUT2D eigenvalue weighted by Crippen LogP contribution is 2.23. The van der Waals surface area contributed by atoms with Gasteiger partial charge in [-0.25, -0.2) is 9.97 Å². The Bertz CT molecular complexity index is 934. The van der Waals surface area contributed by atoms with Crippen LogP contribution in [0.4, 0.5) is 5.82 Å². The molecule has 9 nitrogen and oxygen atoms in total. The molecular weight excluding hydrogens is 334 g/mol. The number of anilines is 1. The van der Waals surface area contributed by atoms with E-state index < -0.39 is 0 Å². The zero-order valence-electron chi connectivity index (χ0n) is 15.1. The Kier molecular flexibility index (Phi) is 4.06. The summed E-state index contributed by atoms with van der Waals surface area (Å²) in [4.78, 5) is 25.4. The zero-order chi connectivity index (χ0) is 18.3. The summed E-state index contributed by atoms with van der Waals surface area (Å²) in [5.41, 5.74) is 2.49. The maximum Gasteiger partial charge on any atom is 0.227 e. The highest BCUT2D eigenvalue weighted by atomic mass is 16.5. The van der Waals surface area contributed by atoms with Crippen LogP contribution >= 0.6 is 0 Å². The first-order valence-corrected chi connectivity index (χ1v) is 8.61. The van der Waals surface area contributed by atoms with Crippen LogP contribution in [0.25, 0.3) is 11.0 Å². The molecule has 4 heterocycles. The molecular formula is C17H21N7O2. The standard InChI is InChI=1S/C17H21N7O2/c1-11-13(12(2)26-21-11)8-15(25)23-4-6-24(7-5-23)17-14-9-20-22(3)16(14)18-10-19-17/h9-10H,4-8H2,1-3H3. The van der Waals surface area contributed by atoms with Gasteiger partial charge in [0.15, 0.2) is 5.65 Å². The van der Waals surface area contributed by atoms with Gasteiger partial charge < -0.3 is 14.3 Å². The predicted molar refractivity (Wildman–Crippen MR) is 94.8 cm³/mol. The van der Waals surface area contributed by atoms with E-state index in [1.807, 2.05) is 25.8 Å². The second kappa shape index (κ2) is 6.40. The summed E-state index contributed by atoms with van der Waals surface area (Å²) in [6.45, 7) is 6.49. The summed E-state index contributed by atoms with van der Waals surface area (Å²) < 4.78 is 6.89. The topological polar surface area (TPSA) is 93.2 Å². The number of hydrogen-bond donors (Lipinski definition) is 0. The number of amides is 1. The SMILES string of the molecule is Cc1noc(C)c1CC(=O)N1CCN(c2ncnc3c2cnn3C)CC1. The molecule has 0 radical (unpaired) electrons. The summed E-state index contributed by atoms with van der Waals surface area (Å²) in [6.07, 6.45) is 3.69. The van der Waals surface area contributed by atoms with Gasteiger partial charge in [-0.05, 0) is 13.8 Å². The second-order valence-electron chi connectivity index (χ2n) is 6.55. The van der Waals surface area contributed by atoms with Crippen LogP contribution in [-0.4, -0.2) is 61.9 Å². The van der Waals surface area contributed by atoms with Crippen molar-refractivity contribution >= 4 is 22.8 Å². The molecule has 1 saturated heterocycles. The third kappa shape index (κ3) is 2.79. The number of piperazine rings is 1. The van der Waals surface area contributed by atoms with Gasteiger partial charge in [-0.15, -0.1) is 0 Å². The van der Waals surface area contributed by atoms with Crippen LogP contribution in [0.1, 0.15) is 17.0 Å². The van der Waals surface area contributed by atoms with Crippen LogP contribution < -0.4 is 4.90 Å². The van der Waals surface area contributed by atoms with Crippen molar-refractivity contribution in [1.29, 1.82) is 0 Å². The molecule has 1 aliphatic rings. The van der Waals surface area contributed by atoms with Crippen LogP contribution in [0.3, 0.4) is 0 Å². The number of rotatable bonds is 3. The molecule has 0 saturated carbocycles. The predicted octanol–water partition coefficient (Wildman–Crippen LogP) is 0.859. The summed E-state index contributed by atoms with van der Waals surface area (Å²) in [7, 11) is 1.87. The van der Waals surface area contributed by atoms with Gasteiger partial charge in [0.25, 0.3) is 0 Å². The number of carbonyl (C=O) groups excluding carboxylic acids is 1. The molecule has 3 aromatic rings. The van der Waals surface area contributed by atoms with Crippen molar-refractivity contribution in [2.24, 2.45) is 7.05 Å². The minimum Gasteiger partial charge on any atom is -0.361 e. The molecule has 0 spiro atoms. The number of nitrogens with zero attached hydrogens (tertiary/aromatic N) is 7. The molecule has 0 unspecified atom stereocenters. The van der Waals surface area contributed by atoms with E-state index in [4.69, 9.17) is 4.52 Å². The van der Waals surface area contributed by atoms with Crippen molar-refractivity contribution in [2.45, 2.75) is 20.3 Å². The van der Waals surface area contributed by atoms with Gasteiger partial charge in [-0.2, -0.15) is 5.10 Å². The molecule has 0 bridgehead atoms. The normalized spacial score (nSPS) is 15.0. The fraction of sp³-hybridized carbons (Fsp3) is 0.471. The molecule has 1 aliphatic heterocycles. The van der Waals surface area contributed by atoms with Crippen LogP contribution in [0.5, 0.6) is 0 Å². The summed E-state index contributed by atoms with van der Waals surface area (Å²) in [5, 5.41) is 9.12. The molecule has 9 heteroatoms. The van der Waals surface area contributed by atoms with E-state index in [-0.39, 0.29) is 5.91 Å². The van der Waals surface area contributed by atoms with Crippen LogP contribution in [0.15, 0.2) is 17.0 Å². The third-order valence-corrected chi connectivity index (χ3v) is 4.95. The lowest BCUT2D eigenvalue weighted by atomic mass is 10.1. The number of aromatic nitrogens is 5. The Morgan fingerprint density at radius 2 is 1.96 bits per heavy atom. The molecule has 0 aromatic carbocycles. The molecule has 4 rings (SSSR count). The van der Waals surface area contributed by atoms with Crippen molar-refractivity contribution in [3.63, 3.8) is 0 Å². The Balaban J connectivity index is 1.44. The highest BCUT2D eigenvalue weighted by Gasteiger charge is 2.25. The molecule has 3 aromatic heterocycles. The van der Waals surface area contributed by atoms with Crippen molar-refractivity contribution in [2.75, 3.05) is 31.1 Å². The van der Waals surface area contributed by atoms with Gasteiger partial charge in [0.05, 0.1) is 23.7 Å². The molecule has 1 fully saturated rings. The molecule has 136 valence electrons. The van der Waals surface area contributed by atoms with E-state index >= 15 is 0 Å². The van der Waals surface area contributed by atoms with Gasteiger partial charge in [0.1, 0.15) is 17.9 Å². The second-order valence-corrected chi connectivity index (χ2v) is 6.55. The Morgan fingerprint density at radius 1 is 1.19 bits per heavy atom. The Labute approximate surface area is 150 Å². The van der Waals surface area contributed by atoms with Crippen molar-refractivity contribution in [1.82, 2.24) is 29.8 Å². The van der Waals surface area contributed by atoms with E-state index in [1.54, 1.807) is 17.2 Å². The van der Waals surface area contributed by atoms with E-state index in [9.17, 15) is 4.79 Å². The first-order valence-electron chi connectivity index (χ1n) is 8.61.